The first kappa shape index (κ1) is 10.5. The summed E-state index contributed by atoms with van der Waals surface area (Å²) in [5.41, 5.74) is 0. The van der Waals surface area contributed by atoms with Gasteiger partial charge in [-0.2, -0.15) is 0 Å². The Balaban J connectivity index is 1.99. The Morgan fingerprint density at radius 1 is 1.38 bits per heavy atom. The second-order valence-corrected chi connectivity index (χ2v) is 4.10. The van der Waals surface area contributed by atoms with Crippen LogP contribution >= 0.6 is 0 Å². The molecule has 0 amide bonds. The van der Waals surface area contributed by atoms with Crippen molar-refractivity contribution in [2.75, 3.05) is 0 Å². The molecule has 1 nitrogen and oxygen atoms in total. The number of carbonyl (C=O) groups is 1. The topological polar surface area (TPSA) is 17.1 Å². The van der Waals surface area contributed by atoms with E-state index in [0.29, 0.717) is 5.78 Å². The van der Waals surface area contributed by atoms with Crippen molar-refractivity contribution < 1.29 is 4.79 Å². The van der Waals surface area contributed by atoms with Crippen molar-refractivity contribution >= 4 is 5.78 Å². The molecule has 0 saturated carbocycles. The predicted octanol–water partition coefficient (Wildman–Crippen LogP) is 3.49. The third kappa shape index (κ3) is 4.87. The van der Waals surface area contributed by atoms with Crippen molar-refractivity contribution in [1.29, 1.82) is 0 Å². The van der Waals surface area contributed by atoms with E-state index in [9.17, 15) is 4.79 Å². The molecule has 74 valence electrons. The maximum absolute atomic E-state index is 10.7. The molecule has 0 saturated heterocycles. The van der Waals surface area contributed by atoms with Gasteiger partial charge in [0, 0.05) is 6.42 Å². The van der Waals surface area contributed by atoms with Crippen LogP contribution in [0, 0.1) is 5.92 Å². The van der Waals surface area contributed by atoms with Gasteiger partial charge in [0.2, 0.25) is 0 Å². The fourth-order valence-corrected chi connectivity index (χ4v) is 1.93. The molecular formula is C12H20O. The van der Waals surface area contributed by atoms with Crippen LogP contribution in [0.15, 0.2) is 12.2 Å². The van der Waals surface area contributed by atoms with Gasteiger partial charge in [-0.25, -0.2) is 0 Å². The lowest BCUT2D eigenvalue weighted by atomic mass is 9.89. The van der Waals surface area contributed by atoms with Crippen molar-refractivity contribution in [2.24, 2.45) is 5.92 Å². The zero-order valence-electron chi connectivity index (χ0n) is 8.59. The molecular weight excluding hydrogens is 160 g/mol. The molecule has 0 aliphatic heterocycles. The largest absolute Gasteiger partial charge is 0.300 e. The smallest absolute Gasteiger partial charge is 0.129 e. The summed E-state index contributed by atoms with van der Waals surface area (Å²) in [6, 6.07) is 0. The average Bonchev–Trinajstić information content (AvgIpc) is 2.14. The van der Waals surface area contributed by atoms with Gasteiger partial charge in [0.25, 0.3) is 0 Å². The Morgan fingerprint density at radius 2 is 2.23 bits per heavy atom. The third-order valence-electron chi connectivity index (χ3n) is 2.77. The number of hydrogen-bond donors (Lipinski definition) is 0. The van der Waals surface area contributed by atoms with Crippen molar-refractivity contribution in [3.8, 4) is 0 Å². The maximum atomic E-state index is 10.7. The molecule has 1 unspecified atom stereocenters. The standard InChI is InChI=1S/C12H20O/c1-11(13)7-5-6-10-12-8-3-2-4-9-12/h2-3,12H,4-10H2,1H3. The van der Waals surface area contributed by atoms with E-state index in [1.165, 1.54) is 32.1 Å². The molecule has 1 rings (SSSR count). The van der Waals surface area contributed by atoms with Crippen molar-refractivity contribution in [3.05, 3.63) is 12.2 Å². The lowest BCUT2D eigenvalue weighted by molar-refractivity contribution is -0.117. The average molecular weight is 180 g/mol. The minimum atomic E-state index is 0.337. The Bertz CT molecular complexity index is 182. The maximum Gasteiger partial charge on any atom is 0.129 e. The molecule has 1 heteroatoms. The summed E-state index contributed by atoms with van der Waals surface area (Å²) < 4.78 is 0. The van der Waals surface area contributed by atoms with Gasteiger partial charge in [0.05, 0.1) is 0 Å². The molecule has 1 aliphatic carbocycles. The van der Waals surface area contributed by atoms with Crippen molar-refractivity contribution in [3.63, 3.8) is 0 Å². The van der Waals surface area contributed by atoms with Crippen LogP contribution in [0.1, 0.15) is 51.9 Å². The van der Waals surface area contributed by atoms with Gasteiger partial charge in [-0.15, -0.1) is 0 Å². The summed E-state index contributed by atoms with van der Waals surface area (Å²) in [4.78, 5) is 10.7. The van der Waals surface area contributed by atoms with Gasteiger partial charge in [-0.1, -0.05) is 25.0 Å². The molecule has 1 atom stereocenters. The second kappa shape index (κ2) is 5.95. The Hall–Kier alpha value is -0.590. The van der Waals surface area contributed by atoms with E-state index in [0.717, 1.165) is 18.8 Å². The van der Waals surface area contributed by atoms with E-state index in [-0.39, 0.29) is 0 Å². The second-order valence-electron chi connectivity index (χ2n) is 4.10. The van der Waals surface area contributed by atoms with Gasteiger partial charge in [-0.05, 0) is 38.5 Å². The quantitative estimate of drug-likeness (QED) is 0.467. The summed E-state index contributed by atoms with van der Waals surface area (Å²) in [6.07, 6.45) is 12.9. The number of unbranched alkanes of at least 4 members (excludes halogenated alkanes) is 1. The molecule has 1 aliphatic rings. The minimum Gasteiger partial charge on any atom is -0.300 e. The summed E-state index contributed by atoms with van der Waals surface area (Å²) in [5.74, 6) is 1.24. The molecule has 0 radical (unpaired) electrons. The number of carbonyl (C=O) groups excluding carboxylic acids is 1. The molecule has 0 aromatic heterocycles. The van der Waals surface area contributed by atoms with Crippen LogP contribution in [0.25, 0.3) is 0 Å². The van der Waals surface area contributed by atoms with Crippen LogP contribution in [0.2, 0.25) is 0 Å². The highest BCUT2D eigenvalue weighted by molar-refractivity contribution is 5.75. The van der Waals surface area contributed by atoms with Crippen LogP contribution in [-0.4, -0.2) is 5.78 Å². The lowest BCUT2D eigenvalue weighted by Crippen LogP contribution is -2.02. The zero-order chi connectivity index (χ0) is 9.52. The molecule has 0 spiro atoms. The summed E-state index contributed by atoms with van der Waals surface area (Å²) >= 11 is 0. The van der Waals surface area contributed by atoms with E-state index in [1.54, 1.807) is 6.92 Å². The molecule has 0 N–H and O–H groups in total. The fourth-order valence-electron chi connectivity index (χ4n) is 1.93. The Labute approximate surface area is 81.2 Å². The van der Waals surface area contributed by atoms with Crippen molar-refractivity contribution in [2.45, 2.75) is 51.9 Å². The van der Waals surface area contributed by atoms with E-state index < -0.39 is 0 Å². The van der Waals surface area contributed by atoms with Gasteiger partial charge in [0.15, 0.2) is 0 Å². The van der Waals surface area contributed by atoms with Crippen LogP contribution in [0.5, 0.6) is 0 Å². The van der Waals surface area contributed by atoms with Gasteiger partial charge in [-0.3, -0.25) is 0 Å². The highest BCUT2D eigenvalue weighted by Crippen LogP contribution is 2.23. The van der Waals surface area contributed by atoms with Crippen LogP contribution in [0.3, 0.4) is 0 Å². The highest BCUT2D eigenvalue weighted by atomic mass is 16.1. The molecule has 0 fully saturated rings. The number of rotatable bonds is 5. The van der Waals surface area contributed by atoms with Crippen LogP contribution in [-0.2, 0) is 4.79 Å². The monoisotopic (exact) mass is 180 g/mol. The van der Waals surface area contributed by atoms with E-state index in [2.05, 4.69) is 12.2 Å². The minimum absolute atomic E-state index is 0.337. The van der Waals surface area contributed by atoms with E-state index in [1.807, 2.05) is 0 Å². The fraction of sp³-hybridized carbons (Fsp3) is 0.750. The summed E-state index contributed by atoms with van der Waals surface area (Å²) in [7, 11) is 0. The molecule has 0 heterocycles. The van der Waals surface area contributed by atoms with E-state index >= 15 is 0 Å². The molecule has 0 bridgehead atoms. The Kier molecular flexibility index (Phi) is 4.81. The first-order chi connectivity index (χ1) is 6.29. The van der Waals surface area contributed by atoms with Gasteiger partial charge < -0.3 is 4.79 Å². The number of ketones is 1. The number of hydrogen-bond acceptors (Lipinski definition) is 1. The first-order valence-corrected chi connectivity index (χ1v) is 5.43. The Morgan fingerprint density at radius 3 is 2.85 bits per heavy atom. The van der Waals surface area contributed by atoms with Crippen LogP contribution in [0.4, 0.5) is 0 Å². The van der Waals surface area contributed by atoms with E-state index in [4.69, 9.17) is 0 Å². The highest BCUT2D eigenvalue weighted by Gasteiger charge is 2.08. The summed E-state index contributed by atoms with van der Waals surface area (Å²) in [6.45, 7) is 1.68. The van der Waals surface area contributed by atoms with Gasteiger partial charge in [0.1, 0.15) is 5.78 Å². The third-order valence-corrected chi connectivity index (χ3v) is 2.77. The van der Waals surface area contributed by atoms with Gasteiger partial charge >= 0.3 is 0 Å². The molecule has 0 aromatic carbocycles. The number of Topliss-reactive ketones (excluding diaryl/α,β-unsaturated/α-hetero) is 1. The predicted molar refractivity (Wildman–Crippen MR) is 55.6 cm³/mol. The number of allylic oxidation sites excluding steroid dienone is 2. The lowest BCUT2D eigenvalue weighted by Gasteiger charge is -2.16. The SMILES string of the molecule is CC(=O)CCCCC1CC=CCC1. The zero-order valence-corrected chi connectivity index (χ0v) is 8.59. The first-order valence-electron chi connectivity index (χ1n) is 5.43. The normalized spacial score (nSPS) is 21.8. The molecule has 0 aromatic rings. The molecule has 13 heavy (non-hydrogen) atoms. The van der Waals surface area contributed by atoms with Crippen molar-refractivity contribution in [1.82, 2.24) is 0 Å². The summed E-state index contributed by atoms with van der Waals surface area (Å²) in [5, 5.41) is 0. The van der Waals surface area contributed by atoms with Crippen LogP contribution < -0.4 is 0 Å².